The molecule has 0 saturated heterocycles. The van der Waals surface area contributed by atoms with Gasteiger partial charge >= 0.3 is 0 Å². The molecule has 1 heterocycles. The summed E-state index contributed by atoms with van der Waals surface area (Å²) in [5.74, 6) is 0. The molecule has 0 radical (unpaired) electrons. The minimum Gasteiger partial charge on any atom is -0.377 e. The van der Waals surface area contributed by atoms with Crippen LogP contribution in [0, 0.1) is 0 Å². The predicted octanol–water partition coefficient (Wildman–Crippen LogP) is 2.22. The van der Waals surface area contributed by atoms with E-state index in [9.17, 15) is 8.42 Å². The van der Waals surface area contributed by atoms with Crippen LogP contribution in [0.3, 0.4) is 0 Å². The normalized spacial score (nSPS) is 18.0. The summed E-state index contributed by atoms with van der Waals surface area (Å²) in [7, 11) is -3.68. The summed E-state index contributed by atoms with van der Waals surface area (Å²) in [6, 6.07) is 10.7. The first-order valence-electron chi connectivity index (χ1n) is 6.87. The summed E-state index contributed by atoms with van der Waals surface area (Å²) < 4.78 is 22.8. The molecule has 1 aliphatic carbocycles. The molecule has 5 nitrogen and oxygen atoms in total. The fraction of sp³-hybridized carbons (Fsp3) is 0.267. The van der Waals surface area contributed by atoms with Crippen LogP contribution in [0.2, 0.25) is 0 Å². The van der Waals surface area contributed by atoms with Crippen LogP contribution in [0.5, 0.6) is 0 Å². The highest BCUT2D eigenvalue weighted by molar-refractivity contribution is 7.89. The molecule has 0 spiro atoms. The molecule has 21 heavy (non-hydrogen) atoms. The molecule has 3 rings (SSSR count). The molecule has 0 saturated carbocycles. The fourth-order valence-electron chi connectivity index (χ4n) is 2.71. The van der Waals surface area contributed by atoms with Gasteiger partial charge in [-0.1, -0.05) is 12.1 Å². The topological polar surface area (TPSA) is 85.1 Å². The first kappa shape index (κ1) is 14.0. The second-order valence-electron chi connectivity index (χ2n) is 5.21. The number of primary sulfonamides is 1. The molecule has 0 aliphatic heterocycles. The van der Waals surface area contributed by atoms with E-state index in [1.54, 1.807) is 18.3 Å². The molecule has 1 aliphatic rings. The quantitative estimate of drug-likeness (QED) is 0.910. The lowest BCUT2D eigenvalue weighted by Gasteiger charge is -2.26. The third kappa shape index (κ3) is 3.06. The van der Waals surface area contributed by atoms with Gasteiger partial charge in [0.2, 0.25) is 10.0 Å². The van der Waals surface area contributed by atoms with Gasteiger partial charge in [0.15, 0.2) is 0 Å². The van der Waals surface area contributed by atoms with Crippen LogP contribution in [0.1, 0.15) is 30.1 Å². The van der Waals surface area contributed by atoms with E-state index in [1.165, 1.54) is 11.6 Å². The Hall–Kier alpha value is -1.92. The van der Waals surface area contributed by atoms with Crippen molar-refractivity contribution < 1.29 is 8.42 Å². The van der Waals surface area contributed by atoms with E-state index in [4.69, 9.17) is 5.14 Å². The van der Waals surface area contributed by atoms with Crippen LogP contribution in [-0.2, 0) is 16.4 Å². The molecule has 6 heteroatoms. The Kier molecular flexibility index (Phi) is 3.65. The Balaban J connectivity index is 1.89. The van der Waals surface area contributed by atoms with E-state index in [2.05, 4.69) is 16.4 Å². The third-order valence-electron chi connectivity index (χ3n) is 3.70. The average molecular weight is 303 g/mol. The molecule has 1 unspecified atom stereocenters. The van der Waals surface area contributed by atoms with Crippen LogP contribution >= 0.6 is 0 Å². The number of nitrogens with one attached hydrogen (secondary N) is 1. The van der Waals surface area contributed by atoms with E-state index in [0.717, 1.165) is 30.6 Å². The van der Waals surface area contributed by atoms with Gasteiger partial charge in [-0.05, 0) is 49.1 Å². The molecule has 3 N–H and O–H groups in total. The lowest BCUT2D eigenvalue weighted by atomic mass is 9.92. The number of aryl methyl sites for hydroxylation is 1. The van der Waals surface area contributed by atoms with Crippen molar-refractivity contribution in [2.24, 2.45) is 5.14 Å². The number of pyridine rings is 1. The predicted molar refractivity (Wildman–Crippen MR) is 81.4 cm³/mol. The highest BCUT2D eigenvalue weighted by Gasteiger charge is 2.21. The molecule has 110 valence electrons. The van der Waals surface area contributed by atoms with Gasteiger partial charge < -0.3 is 5.32 Å². The Morgan fingerprint density at radius 3 is 2.90 bits per heavy atom. The zero-order chi connectivity index (χ0) is 14.9. The molecule has 0 amide bonds. The van der Waals surface area contributed by atoms with Gasteiger partial charge in [0.1, 0.15) is 0 Å². The maximum atomic E-state index is 11.4. The minimum absolute atomic E-state index is 0.102. The number of nitrogens with two attached hydrogens (primary N) is 1. The smallest absolute Gasteiger partial charge is 0.238 e. The number of hydrogen-bond acceptors (Lipinski definition) is 4. The molecule has 0 fully saturated rings. The van der Waals surface area contributed by atoms with Gasteiger partial charge in [-0.25, -0.2) is 13.6 Å². The number of hydrogen-bond donors (Lipinski definition) is 2. The Bertz CT molecular complexity index is 759. The van der Waals surface area contributed by atoms with Crippen LogP contribution in [-0.4, -0.2) is 13.4 Å². The van der Waals surface area contributed by atoms with E-state index >= 15 is 0 Å². The van der Waals surface area contributed by atoms with Crippen molar-refractivity contribution in [2.75, 3.05) is 5.32 Å². The van der Waals surface area contributed by atoms with Gasteiger partial charge in [0.05, 0.1) is 16.6 Å². The van der Waals surface area contributed by atoms with Crippen molar-refractivity contribution in [1.82, 2.24) is 4.98 Å². The van der Waals surface area contributed by atoms with Gasteiger partial charge in [0.25, 0.3) is 0 Å². The van der Waals surface area contributed by atoms with E-state index in [0.29, 0.717) is 0 Å². The zero-order valence-corrected chi connectivity index (χ0v) is 12.3. The first-order valence-corrected chi connectivity index (χ1v) is 8.42. The summed E-state index contributed by atoms with van der Waals surface area (Å²) in [5.41, 5.74) is 3.04. The number of benzene rings is 1. The van der Waals surface area contributed by atoms with Crippen molar-refractivity contribution in [1.29, 1.82) is 0 Å². The fourth-order valence-corrected chi connectivity index (χ4v) is 3.27. The number of aromatic nitrogens is 1. The second-order valence-corrected chi connectivity index (χ2v) is 6.77. The van der Waals surface area contributed by atoms with Crippen molar-refractivity contribution >= 4 is 15.7 Å². The molecule has 0 bridgehead atoms. The number of nitrogens with zero attached hydrogens (tertiary/aromatic N) is 1. The highest BCUT2D eigenvalue weighted by atomic mass is 32.2. The van der Waals surface area contributed by atoms with E-state index < -0.39 is 10.0 Å². The number of rotatable bonds is 3. The lowest BCUT2D eigenvalue weighted by molar-refractivity contribution is 0.583. The lowest BCUT2D eigenvalue weighted by Crippen LogP contribution is -2.19. The average Bonchev–Trinajstić information content (AvgIpc) is 2.47. The van der Waals surface area contributed by atoms with E-state index in [1.807, 2.05) is 12.1 Å². The second kappa shape index (κ2) is 5.46. The van der Waals surface area contributed by atoms with Crippen LogP contribution in [0.4, 0.5) is 5.69 Å². The SMILES string of the molecule is NS(=O)(=O)c1cccc(NC2CCCc3cccnc32)c1. The van der Waals surface area contributed by atoms with Gasteiger partial charge in [-0.15, -0.1) is 0 Å². The third-order valence-corrected chi connectivity index (χ3v) is 4.61. The van der Waals surface area contributed by atoms with Gasteiger partial charge in [0, 0.05) is 11.9 Å². The van der Waals surface area contributed by atoms with Crippen molar-refractivity contribution in [3.05, 3.63) is 53.9 Å². The van der Waals surface area contributed by atoms with E-state index in [-0.39, 0.29) is 10.9 Å². The largest absolute Gasteiger partial charge is 0.377 e. The highest BCUT2D eigenvalue weighted by Crippen LogP contribution is 2.31. The Morgan fingerprint density at radius 2 is 2.10 bits per heavy atom. The maximum Gasteiger partial charge on any atom is 0.238 e. The monoisotopic (exact) mass is 303 g/mol. The summed E-state index contributed by atoms with van der Waals surface area (Å²) in [6.07, 6.45) is 4.90. The zero-order valence-electron chi connectivity index (χ0n) is 11.5. The van der Waals surface area contributed by atoms with Gasteiger partial charge in [-0.2, -0.15) is 0 Å². The van der Waals surface area contributed by atoms with Crippen molar-refractivity contribution in [2.45, 2.75) is 30.2 Å². The van der Waals surface area contributed by atoms with Crippen LogP contribution in [0.15, 0.2) is 47.5 Å². The van der Waals surface area contributed by atoms with Gasteiger partial charge in [-0.3, -0.25) is 4.98 Å². The number of fused-ring (bicyclic) bond motifs is 1. The Labute approximate surface area is 124 Å². The standard InChI is InChI=1S/C15H17N3O2S/c16-21(19,20)13-7-2-6-12(10-13)18-14-8-1-4-11-5-3-9-17-15(11)14/h2-3,5-7,9-10,14,18H,1,4,8H2,(H2,16,19,20). The summed E-state index contributed by atoms with van der Waals surface area (Å²) in [5, 5.41) is 8.53. The molecule has 1 aromatic heterocycles. The molecule has 1 aromatic carbocycles. The number of anilines is 1. The maximum absolute atomic E-state index is 11.4. The van der Waals surface area contributed by atoms with Crippen LogP contribution < -0.4 is 10.5 Å². The summed E-state index contributed by atoms with van der Waals surface area (Å²) in [4.78, 5) is 4.58. The minimum atomic E-state index is -3.68. The molecule has 2 aromatic rings. The summed E-state index contributed by atoms with van der Waals surface area (Å²) >= 11 is 0. The van der Waals surface area contributed by atoms with Crippen molar-refractivity contribution in [3.8, 4) is 0 Å². The molecular formula is C15H17N3O2S. The van der Waals surface area contributed by atoms with Crippen molar-refractivity contribution in [3.63, 3.8) is 0 Å². The number of sulfonamides is 1. The first-order chi connectivity index (χ1) is 10.0. The molecule has 1 atom stereocenters. The van der Waals surface area contributed by atoms with Crippen LogP contribution in [0.25, 0.3) is 0 Å². The Morgan fingerprint density at radius 1 is 1.24 bits per heavy atom. The summed E-state index contributed by atoms with van der Waals surface area (Å²) in [6.45, 7) is 0. The molecular weight excluding hydrogens is 286 g/mol.